The number of aromatic nitrogens is 1. The van der Waals surface area contributed by atoms with E-state index in [9.17, 15) is 9.59 Å². The molecule has 2 aromatic rings. The van der Waals surface area contributed by atoms with Gasteiger partial charge in [0.25, 0.3) is 5.91 Å². The number of rotatable bonds is 3. The normalized spacial score (nSPS) is 19.6. The first-order valence-electron chi connectivity index (χ1n) is 9.92. The lowest BCUT2D eigenvalue weighted by Gasteiger charge is -2.38. The van der Waals surface area contributed by atoms with Crippen molar-refractivity contribution in [1.82, 2.24) is 19.3 Å². The zero-order valence-electron chi connectivity index (χ0n) is 16.2. The van der Waals surface area contributed by atoms with E-state index in [0.29, 0.717) is 13.1 Å². The molecule has 1 unspecified atom stereocenters. The smallest absolute Gasteiger partial charge is 0.256 e. The number of carbonyl (C=O) groups excluding carboxylic acids is 2. The second-order valence-electron chi connectivity index (χ2n) is 7.71. The summed E-state index contributed by atoms with van der Waals surface area (Å²) in [6.07, 6.45) is 4.16. The van der Waals surface area contributed by atoms with Crippen LogP contribution in [0.1, 0.15) is 30.1 Å². The maximum Gasteiger partial charge on any atom is 0.256 e. The van der Waals surface area contributed by atoms with E-state index < -0.39 is 0 Å². The van der Waals surface area contributed by atoms with E-state index in [1.165, 1.54) is 0 Å². The van der Waals surface area contributed by atoms with Crippen molar-refractivity contribution >= 4 is 22.7 Å². The number of hydrogen-bond donors (Lipinski definition) is 0. The molecule has 0 aliphatic carbocycles. The molecule has 0 bridgehead atoms. The topological polar surface area (TPSA) is 48.8 Å². The summed E-state index contributed by atoms with van der Waals surface area (Å²) >= 11 is 0. The van der Waals surface area contributed by atoms with Gasteiger partial charge in [0.1, 0.15) is 0 Å². The van der Waals surface area contributed by atoms with Crippen LogP contribution in [0.5, 0.6) is 0 Å². The fraction of sp³-hybridized carbons (Fsp3) is 0.524. The number of likely N-dealkylation sites (tertiary alicyclic amines) is 1. The molecule has 0 radical (unpaired) electrons. The minimum Gasteiger partial charge on any atom is -0.350 e. The molecule has 6 heteroatoms. The van der Waals surface area contributed by atoms with Gasteiger partial charge in [0.2, 0.25) is 5.91 Å². The van der Waals surface area contributed by atoms with E-state index >= 15 is 0 Å². The van der Waals surface area contributed by atoms with Crippen molar-refractivity contribution < 1.29 is 9.59 Å². The first-order valence-corrected chi connectivity index (χ1v) is 9.92. The van der Waals surface area contributed by atoms with Gasteiger partial charge in [-0.05, 0) is 25.8 Å². The summed E-state index contributed by atoms with van der Waals surface area (Å²) in [5.74, 6) is 0.325. The van der Waals surface area contributed by atoms with Gasteiger partial charge in [-0.1, -0.05) is 18.2 Å². The summed E-state index contributed by atoms with van der Waals surface area (Å²) in [7, 11) is 1.97. The molecule has 4 rings (SSSR count). The maximum atomic E-state index is 13.1. The van der Waals surface area contributed by atoms with Gasteiger partial charge in [0, 0.05) is 63.4 Å². The Labute approximate surface area is 160 Å². The average Bonchev–Trinajstić information content (AvgIpc) is 3.35. The van der Waals surface area contributed by atoms with Crippen LogP contribution in [0.15, 0.2) is 30.5 Å². The highest BCUT2D eigenvalue weighted by atomic mass is 16.2. The number of amides is 2. The summed E-state index contributed by atoms with van der Waals surface area (Å²) in [4.78, 5) is 31.8. The Morgan fingerprint density at radius 2 is 1.59 bits per heavy atom. The summed E-state index contributed by atoms with van der Waals surface area (Å²) in [6.45, 7) is 6.61. The van der Waals surface area contributed by atoms with Crippen molar-refractivity contribution in [2.75, 3.05) is 39.3 Å². The SMILES string of the molecule is CC(C(=O)N1CCCC1)N1CCN(C(=O)c2cn(C)c3ccccc23)CC1. The van der Waals surface area contributed by atoms with Gasteiger partial charge < -0.3 is 14.4 Å². The molecule has 2 amide bonds. The summed E-state index contributed by atoms with van der Waals surface area (Å²) < 4.78 is 2.01. The molecule has 3 heterocycles. The molecule has 0 N–H and O–H groups in total. The highest BCUT2D eigenvalue weighted by molar-refractivity contribution is 6.07. The molecular formula is C21H28N4O2. The molecule has 0 saturated carbocycles. The van der Waals surface area contributed by atoms with E-state index in [2.05, 4.69) is 4.90 Å². The van der Waals surface area contributed by atoms with Crippen LogP contribution in [-0.2, 0) is 11.8 Å². The predicted octanol–water partition coefficient (Wildman–Crippen LogP) is 1.95. The molecule has 2 saturated heterocycles. The van der Waals surface area contributed by atoms with Crippen LogP contribution in [0.2, 0.25) is 0 Å². The van der Waals surface area contributed by atoms with Crippen molar-refractivity contribution in [2.24, 2.45) is 7.05 Å². The van der Waals surface area contributed by atoms with Gasteiger partial charge in [0.05, 0.1) is 11.6 Å². The first kappa shape index (κ1) is 18.0. The van der Waals surface area contributed by atoms with Crippen LogP contribution >= 0.6 is 0 Å². The second-order valence-corrected chi connectivity index (χ2v) is 7.71. The number of piperazine rings is 1. The summed E-state index contributed by atoms with van der Waals surface area (Å²) in [5, 5.41) is 1.00. The van der Waals surface area contributed by atoms with E-state index in [4.69, 9.17) is 0 Å². The third kappa shape index (κ3) is 3.34. The zero-order valence-corrected chi connectivity index (χ0v) is 16.2. The Morgan fingerprint density at radius 1 is 0.926 bits per heavy atom. The molecule has 1 aromatic carbocycles. The molecule has 144 valence electrons. The lowest BCUT2D eigenvalue weighted by molar-refractivity contribution is -0.135. The maximum absolute atomic E-state index is 13.1. The largest absolute Gasteiger partial charge is 0.350 e. The van der Waals surface area contributed by atoms with E-state index in [1.54, 1.807) is 0 Å². The van der Waals surface area contributed by atoms with Crippen LogP contribution in [0.4, 0.5) is 0 Å². The number of benzene rings is 1. The van der Waals surface area contributed by atoms with Crippen LogP contribution < -0.4 is 0 Å². The van der Waals surface area contributed by atoms with Crippen LogP contribution in [0, 0.1) is 0 Å². The number of fused-ring (bicyclic) bond motifs is 1. The van der Waals surface area contributed by atoms with E-state index in [1.807, 2.05) is 58.8 Å². The highest BCUT2D eigenvalue weighted by Gasteiger charge is 2.31. The third-order valence-corrected chi connectivity index (χ3v) is 6.05. The lowest BCUT2D eigenvalue weighted by Crippen LogP contribution is -2.55. The van der Waals surface area contributed by atoms with Crippen molar-refractivity contribution in [1.29, 1.82) is 0 Å². The van der Waals surface area contributed by atoms with Crippen molar-refractivity contribution in [3.05, 3.63) is 36.0 Å². The number of para-hydroxylation sites is 1. The zero-order chi connectivity index (χ0) is 19.0. The Hall–Kier alpha value is -2.34. The second kappa shape index (κ2) is 7.35. The van der Waals surface area contributed by atoms with Crippen molar-refractivity contribution in [2.45, 2.75) is 25.8 Å². The van der Waals surface area contributed by atoms with Gasteiger partial charge in [-0.2, -0.15) is 0 Å². The number of carbonyl (C=O) groups is 2. The number of aryl methyl sites for hydroxylation is 1. The molecule has 2 aliphatic heterocycles. The molecule has 2 fully saturated rings. The molecule has 1 atom stereocenters. The summed E-state index contributed by atoms with van der Waals surface area (Å²) in [6, 6.07) is 7.92. The third-order valence-electron chi connectivity index (χ3n) is 6.05. The predicted molar refractivity (Wildman–Crippen MR) is 106 cm³/mol. The van der Waals surface area contributed by atoms with Gasteiger partial charge in [0.15, 0.2) is 0 Å². The molecule has 27 heavy (non-hydrogen) atoms. The number of hydrogen-bond acceptors (Lipinski definition) is 3. The minimum atomic E-state index is -0.0992. The average molecular weight is 368 g/mol. The Kier molecular flexibility index (Phi) is 4.91. The molecule has 6 nitrogen and oxygen atoms in total. The van der Waals surface area contributed by atoms with Crippen LogP contribution in [-0.4, -0.2) is 76.4 Å². The molecule has 0 spiro atoms. The fourth-order valence-electron chi connectivity index (χ4n) is 4.35. The van der Waals surface area contributed by atoms with Crippen molar-refractivity contribution in [3.8, 4) is 0 Å². The van der Waals surface area contributed by atoms with Gasteiger partial charge in [-0.15, -0.1) is 0 Å². The Balaban J connectivity index is 1.41. The lowest BCUT2D eigenvalue weighted by atomic mass is 10.1. The van der Waals surface area contributed by atoms with Crippen molar-refractivity contribution in [3.63, 3.8) is 0 Å². The standard InChI is InChI=1S/C21H28N4O2/c1-16(20(26)24-9-5-6-10-24)23-11-13-25(14-12-23)21(27)18-15-22(2)19-8-4-3-7-17(18)19/h3-4,7-8,15-16H,5-6,9-14H2,1-2H3. The summed E-state index contributed by atoms with van der Waals surface area (Å²) in [5.41, 5.74) is 1.84. The Bertz CT molecular complexity index is 845. The Morgan fingerprint density at radius 3 is 2.30 bits per heavy atom. The quantitative estimate of drug-likeness (QED) is 0.832. The molecule has 1 aromatic heterocycles. The molecular weight excluding hydrogens is 340 g/mol. The van der Waals surface area contributed by atoms with E-state index in [0.717, 1.165) is 55.5 Å². The van der Waals surface area contributed by atoms with Gasteiger partial charge in [-0.25, -0.2) is 0 Å². The van der Waals surface area contributed by atoms with Gasteiger partial charge in [-0.3, -0.25) is 14.5 Å². The first-order chi connectivity index (χ1) is 13.1. The van der Waals surface area contributed by atoms with Crippen LogP contribution in [0.3, 0.4) is 0 Å². The molecule has 2 aliphatic rings. The highest BCUT2D eigenvalue weighted by Crippen LogP contribution is 2.22. The number of nitrogens with zero attached hydrogens (tertiary/aromatic N) is 4. The minimum absolute atomic E-state index is 0.0879. The van der Waals surface area contributed by atoms with Gasteiger partial charge >= 0.3 is 0 Å². The monoisotopic (exact) mass is 368 g/mol. The van der Waals surface area contributed by atoms with Crippen LogP contribution in [0.25, 0.3) is 10.9 Å². The van der Waals surface area contributed by atoms with E-state index in [-0.39, 0.29) is 17.9 Å². The fourth-order valence-corrected chi connectivity index (χ4v) is 4.35.